The van der Waals surface area contributed by atoms with Crippen LogP contribution in [-0.4, -0.2) is 10.5 Å². The summed E-state index contributed by atoms with van der Waals surface area (Å²) in [6.07, 6.45) is 4.94. The van der Waals surface area contributed by atoms with Gasteiger partial charge in [0.2, 0.25) is 5.91 Å². The van der Waals surface area contributed by atoms with Gasteiger partial charge in [-0.2, -0.15) is 0 Å². The predicted molar refractivity (Wildman–Crippen MR) is 116 cm³/mol. The average Bonchev–Trinajstić information content (AvgIpc) is 3.18. The van der Waals surface area contributed by atoms with Gasteiger partial charge in [-0.15, -0.1) is 6.58 Å². The summed E-state index contributed by atoms with van der Waals surface area (Å²) in [5.41, 5.74) is 2.37. The smallest absolute Gasteiger partial charge is 0.242 e. The van der Waals surface area contributed by atoms with E-state index < -0.39 is 5.41 Å². The lowest BCUT2D eigenvalue weighted by molar-refractivity contribution is 0.0799. The van der Waals surface area contributed by atoms with Crippen molar-refractivity contribution in [3.8, 4) is 0 Å². The Bertz CT molecular complexity index is 1090. The van der Waals surface area contributed by atoms with E-state index in [9.17, 15) is 4.79 Å². The molecule has 2 heteroatoms. The van der Waals surface area contributed by atoms with E-state index in [2.05, 4.69) is 30.8 Å². The van der Waals surface area contributed by atoms with Gasteiger partial charge in [0.1, 0.15) is 0 Å². The number of nitrogens with zero attached hydrogens (tertiary/aromatic N) is 1. The molecule has 138 valence electrons. The summed E-state index contributed by atoms with van der Waals surface area (Å²) in [4.78, 5) is 14.1. The average molecular weight is 365 g/mol. The zero-order valence-corrected chi connectivity index (χ0v) is 15.8. The van der Waals surface area contributed by atoms with Crippen molar-refractivity contribution in [2.24, 2.45) is 0 Å². The molecule has 1 heterocycles. The molecule has 0 fully saturated rings. The second-order valence-electron chi connectivity index (χ2n) is 7.15. The van der Waals surface area contributed by atoms with Crippen molar-refractivity contribution < 1.29 is 4.79 Å². The lowest BCUT2D eigenvalue weighted by Gasteiger charge is -2.33. The fourth-order valence-electron chi connectivity index (χ4n) is 4.02. The van der Waals surface area contributed by atoms with Gasteiger partial charge in [0.25, 0.3) is 0 Å². The van der Waals surface area contributed by atoms with Crippen molar-refractivity contribution >= 4 is 16.8 Å². The second-order valence-corrected chi connectivity index (χ2v) is 7.15. The molecule has 2 nitrogen and oxygen atoms in total. The van der Waals surface area contributed by atoms with Gasteiger partial charge in [0.05, 0.1) is 10.9 Å². The highest BCUT2D eigenvalue weighted by atomic mass is 16.2. The first-order valence-corrected chi connectivity index (χ1v) is 9.56. The number of hydrogen-bond donors (Lipinski definition) is 0. The van der Waals surface area contributed by atoms with Gasteiger partial charge in [-0.05, 0) is 36.1 Å². The van der Waals surface area contributed by atoms with Crippen LogP contribution in [-0.2, 0) is 11.8 Å². The monoisotopic (exact) mass is 365 g/mol. The molecule has 28 heavy (non-hydrogen) atoms. The molecule has 0 aliphatic carbocycles. The Balaban J connectivity index is 1.90. The van der Waals surface area contributed by atoms with E-state index in [1.807, 2.05) is 79.0 Å². The number of carbonyl (C=O) groups excluding carboxylic acids is 1. The van der Waals surface area contributed by atoms with Crippen molar-refractivity contribution in [2.75, 3.05) is 0 Å². The summed E-state index contributed by atoms with van der Waals surface area (Å²) < 4.78 is 1.80. The van der Waals surface area contributed by atoms with E-state index in [1.54, 1.807) is 4.57 Å². The van der Waals surface area contributed by atoms with Crippen LogP contribution in [0.25, 0.3) is 10.9 Å². The zero-order chi connectivity index (χ0) is 19.4. The van der Waals surface area contributed by atoms with Crippen LogP contribution in [0, 0.1) is 0 Å². The van der Waals surface area contributed by atoms with Crippen LogP contribution in [0.1, 0.15) is 22.3 Å². The molecule has 3 aromatic carbocycles. The third kappa shape index (κ3) is 3.18. The van der Waals surface area contributed by atoms with E-state index >= 15 is 0 Å². The largest absolute Gasteiger partial charge is 0.286 e. The zero-order valence-electron chi connectivity index (χ0n) is 15.8. The van der Waals surface area contributed by atoms with Crippen LogP contribution in [0.2, 0.25) is 0 Å². The quantitative estimate of drug-likeness (QED) is 0.382. The van der Waals surface area contributed by atoms with Crippen LogP contribution < -0.4 is 0 Å². The van der Waals surface area contributed by atoms with Crippen LogP contribution in [0.4, 0.5) is 0 Å². The van der Waals surface area contributed by atoms with Crippen molar-refractivity contribution in [3.05, 3.63) is 121 Å². The van der Waals surface area contributed by atoms with Crippen LogP contribution in [0.15, 0.2) is 110 Å². The fraction of sp³-hybridized carbons (Fsp3) is 0.115. The topological polar surface area (TPSA) is 22.0 Å². The standard InChI is InChI=1S/C26H23NO/c1-2-18-26(23-14-7-4-8-15-23,20-21-11-5-3-6-12-21)25(28)27-19-17-22-13-9-10-16-24(22)27/h2-17,19H,1,18,20H2/t26-/m0/s1. The minimum atomic E-state index is -0.716. The molecule has 0 saturated carbocycles. The number of para-hydroxylation sites is 1. The van der Waals surface area contributed by atoms with E-state index in [4.69, 9.17) is 0 Å². The summed E-state index contributed by atoms with van der Waals surface area (Å²) in [5, 5.41) is 1.07. The number of benzene rings is 3. The van der Waals surface area contributed by atoms with Crippen molar-refractivity contribution in [1.29, 1.82) is 0 Å². The van der Waals surface area contributed by atoms with E-state index in [0.717, 1.165) is 22.0 Å². The third-order valence-corrected chi connectivity index (χ3v) is 5.40. The Morgan fingerprint density at radius 3 is 2.21 bits per heavy atom. The van der Waals surface area contributed by atoms with Gasteiger partial charge in [0.15, 0.2) is 0 Å². The highest BCUT2D eigenvalue weighted by molar-refractivity contribution is 5.98. The van der Waals surface area contributed by atoms with Gasteiger partial charge in [-0.25, -0.2) is 0 Å². The Labute approximate surface area is 165 Å². The van der Waals surface area contributed by atoms with Crippen LogP contribution in [0.3, 0.4) is 0 Å². The molecule has 0 N–H and O–H groups in total. The lowest BCUT2D eigenvalue weighted by atomic mass is 9.72. The van der Waals surface area contributed by atoms with E-state index in [0.29, 0.717) is 12.8 Å². The number of carbonyl (C=O) groups is 1. The molecular formula is C26H23NO. The first-order valence-electron chi connectivity index (χ1n) is 9.56. The van der Waals surface area contributed by atoms with Crippen LogP contribution >= 0.6 is 0 Å². The maximum Gasteiger partial charge on any atom is 0.242 e. The minimum absolute atomic E-state index is 0.0728. The lowest BCUT2D eigenvalue weighted by Crippen LogP contribution is -2.41. The Morgan fingerprint density at radius 1 is 0.857 bits per heavy atom. The highest BCUT2D eigenvalue weighted by Gasteiger charge is 2.40. The number of rotatable bonds is 6. The fourth-order valence-corrected chi connectivity index (χ4v) is 4.02. The van der Waals surface area contributed by atoms with Crippen molar-refractivity contribution in [3.63, 3.8) is 0 Å². The number of aromatic nitrogens is 1. The molecule has 0 spiro atoms. The van der Waals surface area contributed by atoms with Crippen LogP contribution in [0.5, 0.6) is 0 Å². The molecule has 4 aromatic rings. The first kappa shape index (κ1) is 18.0. The molecule has 1 atom stereocenters. The molecule has 1 aromatic heterocycles. The molecule has 0 saturated heterocycles. The van der Waals surface area contributed by atoms with E-state index in [1.165, 1.54) is 0 Å². The second kappa shape index (κ2) is 7.69. The Morgan fingerprint density at radius 2 is 1.50 bits per heavy atom. The summed E-state index contributed by atoms with van der Waals surface area (Å²) in [5.74, 6) is 0.0728. The summed E-state index contributed by atoms with van der Waals surface area (Å²) in [7, 11) is 0. The normalized spacial score (nSPS) is 13.1. The Kier molecular flexibility index (Phi) is 4.94. The maximum absolute atomic E-state index is 14.1. The summed E-state index contributed by atoms with van der Waals surface area (Å²) in [6.45, 7) is 3.98. The van der Waals surface area contributed by atoms with Gasteiger partial charge in [-0.3, -0.25) is 9.36 Å². The third-order valence-electron chi connectivity index (χ3n) is 5.40. The van der Waals surface area contributed by atoms with Gasteiger partial charge in [0, 0.05) is 11.6 Å². The molecule has 4 rings (SSSR count). The molecule has 0 bridgehead atoms. The molecule has 0 radical (unpaired) electrons. The number of hydrogen-bond acceptors (Lipinski definition) is 1. The molecule has 0 unspecified atom stereocenters. The van der Waals surface area contributed by atoms with E-state index in [-0.39, 0.29) is 5.91 Å². The van der Waals surface area contributed by atoms with Crippen molar-refractivity contribution in [2.45, 2.75) is 18.3 Å². The van der Waals surface area contributed by atoms with Gasteiger partial charge < -0.3 is 0 Å². The molecule has 0 aliphatic rings. The molecule has 0 amide bonds. The molecule has 0 aliphatic heterocycles. The number of fused-ring (bicyclic) bond motifs is 1. The van der Waals surface area contributed by atoms with Gasteiger partial charge >= 0.3 is 0 Å². The summed E-state index contributed by atoms with van der Waals surface area (Å²) in [6, 6.07) is 30.3. The maximum atomic E-state index is 14.1. The minimum Gasteiger partial charge on any atom is -0.286 e. The predicted octanol–water partition coefficient (Wildman–Crippen LogP) is 6.04. The first-order chi connectivity index (χ1) is 13.7. The SMILES string of the molecule is C=CC[C@@](Cc1ccccc1)(C(=O)n1ccc2ccccc21)c1ccccc1. The highest BCUT2D eigenvalue weighted by Crippen LogP contribution is 2.36. The number of allylic oxidation sites excluding steroid dienone is 1. The van der Waals surface area contributed by atoms with Crippen molar-refractivity contribution in [1.82, 2.24) is 4.57 Å². The molecular weight excluding hydrogens is 342 g/mol. The van der Waals surface area contributed by atoms with Gasteiger partial charge in [-0.1, -0.05) is 84.9 Å². The summed E-state index contributed by atoms with van der Waals surface area (Å²) >= 11 is 0. The Hall–Kier alpha value is -3.39.